The Bertz CT molecular complexity index is 432. The van der Waals surface area contributed by atoms with Gasteiger partial charge in [0.05, 0.1) is 13.7 Å². The third-order valence-corrected chi connectivity index (χ3v) is 2.54. The molecule has 1 rings (SSSR count). The van der Waals surface area contributed by atoms with E-state index in [0.29, 0.717) is 6.54 Å². The van der Waals surface area contributed by atoms with Gasteiger partial charge >= 0.3 is 6.09 Å². The average molecular weight is 250 g/mol. The number of likely N-dealkylation sites (N-methyl/N-ethyl adjacent to an activating group) is 1. The van der Waals surface area contributed by atoms with Crippen LogP contribution in [-0.4, -0.2) is 37.6 Å². The Morgan fingerprint density at radius 3 is 2.61 bits per heavy atom. The van der Waals surface area contributed by atoms with E-state index < -0.39 is 6.09 Å². The van der Waals surface area contributed by atoms with Crippen LogP contribution in [0.15, 0.2) is 24.3 Å². The smallest absolute Gasteiger partial charge is 0.413 e. The Kier molecular flexibility index (Phi) is 5.32. The van der Waals surface area contributed by atoms with Crippen molar-refractivity contribution < 1.29 is 14.3 Å². The molecule has 18 heavy (non-hydrogen) atoms. The minimum Gasteiger partial charge on any atom is -0.453 e. The summed E-state index contributed by atoms with van der Waals surface area (Å²) in [5.74, 6) is -0.377. The highest BCUT2D eigenvalue weighted by molar-refractivity contribution is 5.92. The minimum atomic E-state index is -0.732. The molecular weight excluding hydrogens is 232 g/mol. The topological polar surface area (TPSA) is 58.6 Å². The van der Waals surface area contributed by atoms with Crippen LogP contribution in [0.4, 0.5) is 4.79 Å². The predicted octanol–water partition coefficient (Wildman–Crippen LogP) is 1.31. The highest BCUT2D eigenvalue weighted by Crippen LogP contribution is 2.08. The van der Waals surface area contributed by atoms with Crippen LogP contribution in [0.1, 0.15) is 11.1 Å². The summed E-state index contributed by atoms with van der Waals surface area (Å²) in [6.45, 7) is 2.82. The maximum absolute atomic E-state index is 11.4. The van der Waals surface area contributed by atoms with Crippen LogP contribution in [0.2, 0.25) is 0 Å². The summed E-state index contributed by atoms with van der Waals surface area (Å²) in [7, 11) is 3.04. The number of carbonyl (C=O) groups is 2. The Morgan fingerprint density at radius 1 is 1.33 bits per heavy atom. The fourth-order valence-electron chi connectivity index (χ4n) is 1.58. The molecule has 5 nitrogen and oxygen atoms in total. The molecule has 0 aliphatic carbocycles. The molecule has 0 spiro atoms. The van der Waals surface area contributed by atoms with Crippen molar-refractivity contribution in [3.05, 3.63) is 35.4 Å². The molecule has 0 heterocycles. The summed E-state index contributed by atoms with van der Waals surface area (Å²) in [5.41, 5.74) is 2.34. The van der Waals surface area contributed by atoms with Gasteiger partial charge in [-0.2, -0.15) is 0 Å². The van der Waals surface area contributed by atoms with Gasteiger partial charge in [-0.25, -0.2) is 4.79 Å². The van der Waals surface area contributed by atoms with E-state index >= 15 is 0 Å². The predicted molar refractivity (Wildman–Crippen MR) is 68.1 cm³/mol. The number of rotatable bonds is 4. The lowest BCUT2D eigenvalue weighted by molar-refractivity contribution is -0.121. The van der Waals surface area contributed by atoms with Gasteiger partial charge in [0.2, 0.25) is 5.91 Å². The van der Waals surface area contributed by atoms with Crippen molar-refractivity contribution >= 4 is 12.0 Å². The molecule has 5 heteroatoms. The molecule has 0 bridgehead atoms. The average Bonchev–Trinajstić information content (AvgIpc) is 2.31. The molecule has 1 aromatic carbocycles. The first-order valence-electron chi connectivity index (χ1n) is 5.63. The monoisotopic (exact) mass is 250 g/mol. The molecule has 1 aromatic rings. The zero-order valence-corrected chi connectivity index (χ0v) is 10.9. The van der Waals surface area contributed by atoms with Crippen molar-refractivity contribution in [2.75, 3.05) is 20.7 Å². The Hall–Kier alpha value is -1.88. The third-order valence-electron chi connectivity index (χ3n) is 2.54. The largest absolute Gasteiger partial charge is 0.453 e. The van der Waals surface area contributed by atoms with Gasteiger partial charge in [-0.05, 0) is 25.1 Å². The Morgan fingerprint density at radius 2 is 2.00 bits per heavy atom. The quantitative estimate of drug-likeness (QED) is 0.875. The second-order valence-corrected chi connectivity index (χ2v) is 4.14. The van der Waals surface area contributed by atoms with Crippen molar-refractivity contribution in [2.24, 2.45) is 0 Å². The number of imide groups is 1. The summed E-state index contributed by atoms with van der Waals surface area (Å²) in [6.07, 6.45) is -0.732. The number of aryl methyl sites for hydroxylation is 1. The second-order valence-electron chi connectivity index (χ2n) is 4.14. The van der Waals surface area contributed by atoms with E-state index in [1.165, 1.54) is 12.7 Å². The Labute approximate surface area is 107 Å². The summed E-state index contributed by atoms with van der Waals surface area (Å²) in [4.78, 5) is 24.1. The van der Waals surface area contributed by atoms with E-state index in [-0.39, 0.29) is 12.5 Å². The van der Waals surface area contributed by atoms with Gasteiger partial charge in [0.15, 0.2) is 0 Å². The fourth-order valence-corrected chi connectivity index (χ4v) is 1.58. The maximum Gasteiger partial charge on any atom is 0.413 e. The molecule has 2 amide bonds. The molecule has 0 aliphatic heterocycles. The molecule has 0 saturated carbocycles. The van der Waals surface area contributed by atoms with E-state index in [4.69, 9.17) is 0 Å². The zero-order valence-electron chi connectivity index (χ0n) is 10.9. The van der Waals surface area contributed by atoms with E-state index in [0.717, 1.165) is 5.56 Å². The standard InChI is InChI=1S/C13H18N2O3/c1-10-6-4-5-7-11(10)8-15(2)9-12(16)14-13(17)18-3/h4-7H,8-9H2,1-3H3,(H,14,16,17). The third kappa shape index (κ3) is 4.55. The summed E-state index contributed by atoms with van der Waals surface area (Å²) >= 11 is 0. The van der Waals surface area contributed by atoms with Crippen LogP contribution in [0.25, 0.3) is 0 Å². The normalized spacial score (nSPS) is 10.2. The summed E-state index contributed by atoms with van der Waals surface area (Å²) in [5, 5.41) is 2.12. The Balaban J connectivity index is 2.47. The van der Waals surface area contributed by atoms with Crippen molar-refractivity contribution in [1.29, 1.82) is 0 Å². The van der Waals surface area contributed by atoms with Gasteiger partial charge in [0, 0.05) is 6.54 Å². The lowest BCUT2D eigenvalue weighted by Crippen LogP contribution is -2.38. The van der Waals surface area contributed by atoms with Gasteiger partial charge in [0.1, 0.15) is 0 Å². The van der Waals surface area contributed by atoms with E-state index in [9.17, 15) is 9.59 Å². The first-order valence-corrected chi connectivity index (χ1v) is 5.63. The van der Waals surface area contributed by atoms with Crippen molar-refractivity contribution in [1.82, 2.24) is 10.2 Å². The first kappa shape index (κ1) is 14.2. The minimum absolute atomic E-state index is 0.142. The first-order chi connectivity index (χ1) is 8.52. The highest BCUT2D eigenvalue weighted by Gasteiger charge is 2.11. The van der Waals surface area contributed by atoms with Crippen LogP contribution < -0.4 is 5.32 Å². The maximum atomic E-state index is 11.4. The van der Waals surface area contributed by atoms with Crippen LogP contribution in [0, 0.1) is 6.92 Å². The lowest BCUT2D eigenvalue weighted by Gasteiger charge is -2.17. The van der Waals surface area contributed by atoms with Crippen molar-refractivity contribution in [3.63, 3.8) is 0 Å². The molecule has 0 fully saturated rings. The molecule has 0 unspecified atom stereocenters. The summed E-state index contributed by atoms with van der Waals surface area (Å²) < 4.78 is 4.35. The number of nitrogens with zero attached hydrogens (tertiary/aromatic N) is 1. The van der Waals surface area contributed by atoms with Crippen molar-refractivity contribution in [2.45, 2.75) is 13.5 Å². The van der Waals surface area contributed by atoms with Crippen LogP contribution in [0.5, 0.6) is 0 Å². The molecule has 98 valence electrons. The van der Waals surface area contributed by atoms with Gasteiger partial charge in [-0.3, -0.25) is 15.0 Å². The molecule has 0 aliphatic rings. The fraction of sp³-hybridized carbons (Fsp3) is 0.385. The van der Waals surface area contributed by atoms with Gasteiger partial charge in [-0.15, -0.1) is 0 Å². The molecule has 0 aromatic heterocycles. The van der Waals surface area contributed by atoms with Crippen LogP contribution in [-0.2, 0) is 16.1 Å². The lowest BCUT2D eigenvalue weighted by atomic mass is 10.1. The number of nitrogens with one attached hydrogen (secondary N) is 1. The number of carbonyl (C=O) groups excluding carboxylic acids is 2. The van der Waals surface area contributed by atoms with Gasteiger partial charge in [0.25, 0.3) is 0 Å². The van der Waals surface area contributed by atoms with E-state index in [1.807, 2.05) is 43.1 Å². The van der Waals surface area contributed by atoms with E-state index in [2.05, 4.69) is 10.1 Å². The van der Waals surface area contributed by atoms with Gasteiger partial charge < -0.3 is 4.74 Å². The zero-order chi connectivity index (χ0) is 13.5. The van der Waals surface area contributed by atoms with Crippen LogP contribution in [0.3, 0.4) is 0 Å². The number of alkyl carbamates (subject to hydrolysis) is 1. The SMILES string of the molecule is COC(=O)NC(=O)CN(C)Cc1ccccc1C. The highest BCUT2D eigenvalue weighted by atomic mass is 16.5. The number of amides is 2. The van der Waals surface area contributed by atoms with Crippen LogP contribution >= 0.6 is 0 Å². The molecule has 0 saturated heterocycles. The van der Waals surface area contributed by atoms with Crippen molar-refractivity contribution in [3.8, 4) is 0 Å². The number of methoxy groups -OCH3 is 1. The number of hydrogen-bond donors (Lipinski definition) is 1. The second kappa shape index (κ2) is 6.76. The summed E-state index contributed by atoms with van der Waals surface area (Å²) in [6, 6.07) is 7.98. The molecule has 0 atom stereocenters. The molecule has 1 N–H and O–H groups in total. The molecular formula is C13H18N2O3. The number of benzene rings is 1. The molecule has 0 radical (unpaired) electrons. The number of hydrogen-bond acceptors (Lipinski definition) is 4. The van der Waals surface area contributed by atoms with Gasteiger partial charge in [-0.1, -0.05) is 24.3 Å². The number of ether oxygens (including phenoxy) is 1. The van der Waals surface area contributed by atoms with E-state index in [1.54, 1.807) is 0 Å².